The van der Waals surface area contributed by atoms with Crippen molar-refractivity contribution in [2.75, 3.05) is 26.7 Å². The minimum atomic E-state index is 0.112. The van der Waals surface area contributed by atoms with Gasteiger partial charge >= 0.3 is 0 Å². The van der Waals surface area contributed by atoms with E-state index < -0.39 is 0 Å². The van der Waals surface area contributed by atoms with Gasteiger partial charge in [-0.2, -0.15) is 0 Å². The van der Waals surface area contributed by atoms with E-state index in [1.807, 2.05) is 7.11 Å². The van der Waals surface area contributed by atoms with Crippen molar-refractivity contribution in [1.82, 2.24) is 4.90 Å². The number of hydrogen-bond acceptors (Lipinski definition) is 3. The first-order valence-corrected chi connectivity index (χ1v) is 7.02. The van der Waals surface area contributed by atoms with Gasteiger partial charge in [-0.1, -0.05) is 26.7 Å². The Morgan fingerprint density at radius 1 is 1.29 bits per heavy atom. The average molecular weight is 240 g/mol. The Bertz CT molecular complexity index is 267. The number of rotatable bonds is 3. The van der Waals surface area contributed by atoms with Crippen LogP contribution in [0.15, 0.2) is 0 Å². The van der Waals surface area contributed by atoms with Gasteiger partial charge in [0.2, 0.25) is 0 Å². The van der Waals surface area contributed by atoms with E-state index in [0.29, 0.717) is 11.5 Å². The molecule has 3 nitrogen and oxygen atoms in total. The minimum Gasteiger partial charge on any atom is -0.379 e. The van der Waals surface area contributed by atoms with Gasteiger partial charge in [0.25, 0.3) is 0 Å². The summed E-state index contributed by atoms with van der Waals surface area (Å²) in [5, 5.41) is 0. The lowest BCUT2D eigenvalue weighted by Gasteiger charge is -2.49. The van der Waals surface area contributed by atoms with Crippen molar-refractivity contribution in [3.63, 3.8) is 0 Å². The van der Waals surface area contributed by atoms with Crippen LogP contribution in [-0.2, 0) is 4.74 Å². The standard InChI is InChI=1S/C14H28N2O/c1-13(2)8-9-16(11-13)14(10-15)7-5-4-6-12(14)17-3/h12H,4-11,15H2,1-3H3. The highest BCUT2D eigenvalue weighted by Gasteiger charge is 2.48. The summed E-state index contributed by atoms with van der Waals surface area (Å²) in [4.78, 5) is 2.63. The van der Waals surface area contributed by atoms with Crippen LogP contribution in [0, 0.1) is 5.41 Å². The second-order valence-electron chi connectivity index (χ2n) is 6.61. The van der Waals surface area contributed by atoms with Crippen molar-refractivity contribution in [3.05, 3.63) is 0 Å². The molecule has 0 aromatic heterocycles. The highest BCUT2D eigenvalue weighted by atomic mass is 16.5. The second-order valence-corrected chi connectivity index (χ2v) is 6.61. The Kier molecular flexibility index (Phi) is 3.81. The summed E-state index contributed by atoms with van der Waals surface area (Å²) in [6, 6.07) is 0. The molecule has 0 aromatic carbocycles. The van der Waals surface area contributed by atoms with Crippen LogP contribution in [0.4, 0.5) is 0 Å². The van der Waals surface area contributed by atoms with Gasteiger partial charge in [-0.05, 0) is 31.2 Å². The lowest BCUT2D eigenvalue weighted by atomic mass is 9.77. The van der Waals surface area contributed by atoms with E-state index in [2.05, 4.69) is 18.7 Å². The molecule has 2 aliphatic rings. The van der Waals surface area contributed by atoms with E-state index in [4.69, 9.17) is 10.5 Å². The molecule has 0 bridgehead atoms. The van der Waals surface area contributed by atoms with E-state index in [1.165, 1.54) is 45.2 Å². The number of nitrogens with two attached hydrogens (primary N) is 1. The first-order chi connectivity index (χ1) is 8.04. The van der Waals surface area contributed by atoms with Crippen LogP contribution < -0.4 is 5.73 Å². The zero-order valence-corrected chi connectivity index (χ0v) is 11.7. The van der Waals surface area contributed by atoms with Gasteiger partial charge in [0.05, 0.1) is 11.6 Å². The van der Waals surface area contributed by atoms with Crippen LogP contribution in [0.25, 0.3) is 0 Å². The SMILES string of the molecule is COC1CCCCC1(CN)N1CCC(C)(C)C1. The number of methoxy groups -OCH3 is 1. The number of likely N-dealkylation sites (tertiary alicyclic amines) is 1. The highest BCUT2D eigenvalue weighted by molar-refractivity contribution is 5.04. The van der Waals surface area contributed by atoms with E-state index in [9.17, 15) is 0 Å². The molecule has 17 heavy (non-hydrogen) atoms. The fourth-order valence-electron chi connectivity index (χ4n) is 3.74. The summed E-state index contributed by atoms with van der Waals surface area (Å²) in [6.45, 7) is 7.82. The maximum Gasteiger partial charge on any atom is 0.0767 e. The maximum absolute atomic E-state index is 6.15. The fourth-order valence-corrected chi connectivity index (χ4v) is 3.74. The van der Waals surface area contributed by atoms with Gasteiger partial charge in [0.15, 0.2) is 0 Å². The summed E-state index contributed by atoms with van der Waals surface area (Å²) < 4.78 is 5.76. The molecule has 0 amide bonds. The van der Waals surface area contributed by atoms with Crippen LogP contribution in [-0.4, -0.2) is 43.3 Å². The summed E-state index contributed by atoms with van der Waals surface area (Å²) in [7, 11) is 1.85. The molecule has 0 spiro atoms. The smallest absolute Gasteiger partial charge is 0.0767 e. The largest absolute Gasteiger partial charge is 0.379 e. The normalized spacial score (nSPS) is 38.5. The molecule has 3 heteroatoms. The van der Waals surface area contributed by atoms with Gasteiger partial charge in [0.1, 0.15) is 0 Å². The summed E-state index contributed by atoms with van der Waals surface area (Å²) in [5.41, 5.74) is 6.71. The molecular formula is C14H28N2O. The Hall–Kier alpha value is -0.120. The molecule has 0 aromatic rings. The number of nitrogens with zero attached hydrogens (tertiary/aromatic N) is 1. The third-order valence-corrected chi connectivity index (χ3v) is 4.87. The van der Waals surface area contributed by atoms with Crippen molar-refractivity contribution >= 4 is 0 Å². The molecular weight excluding hydrogens is 212 g/mol. The van der Waals surface area contributed by atoms with Crippen LogP contribution in [0.1, 0.15) is 46.0 Å². The van der Waals surface area contributed by atoms with E-state index >= 15 is 0 Å². The van der Waals surface area contributed by atoms with Crippen molar-refractivity contribution in [3.8, 4) is 0 Å². The maximum atomic E-state index is 6.15. The topological polar surface area (TPSA) is 38.5 Å². The Balaban J connectivity index is 2.17. The number of hydrogen-bond donors (Lipinski definition) is 1. The zero-order chi connectivity index (χ0) is 12.5. The van der Waals surface area contributed by atoms with Crippen LogP contribution >= 0.6 is 0 Å². The third kappa shape index (κ3) is 2.38. The van der Waals surface area contributed by atoms with E-state index in [0.717, 1.165) is 6.54 Å². The van der Waals surface area contributed by atoms with Crippen molar-refractivity contribution in [1.29, 1.82) is 0 Å². The molecule has 2 N–H and O–H groups in total. The first kappa shape index (κ1) is 13.3. The number of ether oxygens (including phenoxy) is 1. The molecule has 1 heterocycles. The molecule has 2 unspecified atom stereocenters. The molecule has 1 aliphatic carbocycles. The van der Waals surface area contributed by atoms with Crippen molar-refractivity contribution in [2.45, 2.75) is 57.6 Å². The van der Waals surface area contributed by atoms with Crippen molar-refractivity contribution in [2.24, 2.45) is 11.1 Å². The van der Waals surface area contributed by atoms with Crippen LogP contribution in [0.2, 0.25) is 0 Å². The molecule has 2 rings (SSSR count). The molecule has 0 radical (unpaired) electrons. The van der Waals surface area contributed by atoms with Crippen molar-refractivity contribution < 1.29 is 4.74 Å². The summed E-state index contributed by atoms with van der Waals surface area (Å²) in [6.07, 6.45) is 6.58. The third-order valence-electron chi connectivity index (χ3n) is 4.87. The van der Waals surface area contributed by atoms with E-state index in [1.54, 1.807) is 0 Å². The van der Waals surface area contributed by atoms with Gasteiger partial charge in [0, 0.05) is 20.2 Å². The van der Waals surface area contributed by atoms with Gasteiger partial charge in [-0.25, -0.2) is 0 Å². The Labute approximate surface area is 106 Å². The summed E-state index contributed by atoms with van der Waals surface area (Å²) in [5.74, 6) is 0. The fraction of sp³-hybridized carbons (Fsp3) is 1.00. The average Bonchev–Trinajstić information content (AvgIpc) is 2.69. The highest BCUT2D eigenvalue weighted by Crippen LogP contribution is 2.41. The monoisotopic (exact) mass is 240 g/mol. The summed E-state index contributed by atoms with van der Waals surface area (Å²) >= 11 is 0. The lowest BCUT2D eigenvalue weighted by molar-refractivity contribution is -0.0696. The van der Waals surface area contributed by atoms with Crippen LogP contribution in [0.3, 0.4) is 0 Å². The molecule has 1 aliphatic heterocycles. The Morgan fingerprint density at radius 2 is 2.06 bits per heavy atom. The van der Waals surface area contributed by atoms with Gasteiger partial charge in [-0.3, -0.25) is 4.90 Å². The van der Waals surface area contributed by atoms with E-state index in [-0.39, 0.29) is 5.54 Å². The molecule has 2 fully saturated rings. The molecule has 1 saturated heterocycles. The zero-order valence-electron chi connectivity index (χ0n) is 11.7. The van der Waals surface area contributed by atoms with Crippen LogP contribution in [0.5, 0.6) is 0 Å². The molecule has 1 saturated carbocycles. The molecule has 2 atom stereocenters. The first-order valence-electron chi connectivity index (χ1n) is 7.02. The second kappa shape index (κ2) is 4.87. The Morgan fingerprint density at radius 3 is 2.59 bits per heavy atom. The lowest BCUT2D eigenvalue weighted by Crippen LogP contribution is -2.62. The predicted molar refractivity (Wildman–Crippen MR) is 71.0 cm³/mol. The minimum absolute atomic E-state index is 0.112. The van der Waals surface area contributed by atoms with Gasteiger partial charge in [-0.15, -0.1) is 0 Å². The quantitative estimate of drug-likeness (QED) is 0.820. The predicted octanol–water partition coefficient (Wildman–Crippen LogP) is 2.00. The molecule has 100 valence electrons. The van der Waals surface area contributed by atoms with Gasteiger partial charge < -0.3 is 10.5 Å².